The Kier molecular flexibility index (Phi) is 3.60. The predicted octanol–water partition coefficient (Wildman–Crippen LogP) is 2.37. The lowest BCUT2D eigenvalue weighted by molar-refractivity contribution is 0.296. The molecular formula is C15H19N3O. The van der Waals surface area contributed by atoms with Crippen molar-refractivity contribution >= 4 is 16.9 Å². The Morgan fingerprint density at radius 2 is 2.00 bits per heavy atom. The summed E-state index contributed by atoms with van der Waals surface area (Å²) in [5.74, 6) is 0.750. The van der Waals surface area contributed by atoms with Gasteiger partial charge in [0.25, 0.3) is 0 Å². The van der Waals surface area contributed by atoms with Gasteiger partial charge in [0, 0.05) is 24.2 Å². The first kappa shape index (κ1) is 12.4. The van der Waals surface area contributed by atoms with E-state index < -0.39 is 0 Å². The highest BCUT2D eigenvalue weighted by atomic mass is 16.3. The first-order valence-corrected chi connectivity index (χ1v) is 6.98. The highest BCUT2D eigenvalue weighted by molar-refractivity contribution is 5.78. The van der Waals surface area contributed by atoms with Gasteiger partial charge in [-0.2, -0.15) is 0 Å². The van der Waals surface area contributed by atoms with Gasteiger partial charge in [0.1, 0.15) is 0 Å². The molecule has 1 saturated carbocycles. The van der Waals surface area contributed by atoms with E-state index >= 15 is 0 Å². The van der Waals surface area contributed by atoms with Crippen molar-refractivity contribution in [3.05, 3.63) is 30.5 Å². The molecule has 0 radical (unpaired) electrons. The van der Waals surface area contributed by atoms with Crippen molar-refractivity contribution in [2.24, 2.45) is 0 Å². The molecule has 4 nitrogen and oxygen atoms in total. The molecular weight excluding hydrogens is 238 g/mol. The Morgan fingerprint density at radius 1 is 1.21 bits per heavy atom. The summed E-state index contributed by atoms with van der Waals surface area (Å²) >= 11 is 0. The Balaban J connectivity index is 1.94. The smallest absolute Gasteiger partial charge is 0.226 e. The maximum Gasteiger partial charge on any atom is 0.226 e. The summed E-state index contributed by atoms with van der Waals surface area (Å²) in [7, 11) is 0. The van der Waals surface area contributed by atoms with Crippen LogP contribution in [0.1, 0.15) is 25.7 Å². The second kappa shape index (κ2) is 5.53. The van der Waals surface area contributed by atoms with Crippen LogP contribution in [0.3, 0.4) is 0 Å². The number of nitrogens with zero attached hydrogens (tertiary/aromatic N) is 3. The second-order valence-corrected chi connectivity index (χ2v) is 5.08. The highest BCUT2D eigenvalue weighted by Crippen LogP contribution is 2.26. The van der Waals surface area contributed by atoms with E-state index in [0.717, 1.165) is 16.9 Å². The lowest BCUT2D eigenvalue weighted by atomic mass is 10.2. The third-order valence-electron chi connectivity index (χ3n) is 3.84. The molecule has 4 heteroatoms. The van der Waals surface area contributed by atoms with Crippen LogP contribution in [0, 0.1) is 0 Å². The third-order valence-corrected chi connectivity index (χ3v) is 3.84. The molecule has 19 heavy (non-hydrogen) atoms. The van der Waals surface area contributed by atoms with Gasteiger partial charge in [0.2, 0.25) is 5.95 Å². The first-order valence-electron chi connectivity index (χ1n) is 6.98. The van der Waals surface area contributed by atoms with E-state index in [9.17, 15) is 5.11 Å². The zero-order chi connectivity index (χ0) is 13.1. The molecule has 1 N–H and O–H groups in total. The summed E-state index contributed by atoms with van der Waals surface area (Å²) in [4.78, 5) is 11.3. The standard InChI is InChI=1S/C15H19N3O/c19-10-9-18(13-6-2-3-7-13)15-16-11-12-5-1-4-8-14(12)17-15/h1,4-5,8,11,13,19H,2-3,6-7,9-10H2. The summed E-state index contributed by atoms with van der Waals surface area (Å²) in [5, 5.41) is 10.3. The molecule has 1 aromatic heterocycles. The van der Waals surface area contributed by atoms with Crippen molar-refractivity contribution < 1.29 is 5.11 Å². The van der Waals surface area contributed by atoms with Gasteiger partial charge in [-0.25, -0.2) is 9.97 Å². The molecule has 2 aromatic rings. The van der Waals surface area contributed by atoms with Crippen molar-refractivity contribution in [3.8, 4) is 0 Å². The molecule has 3 rings (SSSR count). The van der Waals surface area contributed by atoms with Crippen LogP contribution in [0.15, 0.2) is 30.5 Å². The molecule has 0 aliphatic heterocycles. The van der Waals surface area contributed by atoms with Crippen LogP contribution >= 0.6 is 0 Å². The lowest BCUT2D eigenvalue weighted by Crippen LogP contribution is -2.37. The Morgan fingerprint density at radius 3 is 2.79 bits per heavy atom. The van der Waals surface area contributed by atoms with Crippen molar-refractivity contribution in [3.63, 3.8) is 0 Å². The maximum atomic E-state index is 9.27. The van der Waals surface area contributed by atoms with Crippen molar-refractivity contribution in [2.45, 2.75) is 31.7 Å². The summed E-state index contributed by atoms with van der Waals surface area (Å²) in [6, 6.07) is 8.49. The Bertz CT molecular complexity index is 552. The molecule has 0 bridgehead atoms. The molecule has 1 aliphatic carbocycles. The van der Waals surface area contributed by atoms with Crippen LogP contribution < -0.4 is 4.90 Å². The molecule has 0 atom stereocenters. The van der Waals surface area contributed by atoms with Crippen LogP contribution in [-0.4, -0.2) is 34.3 Å². The molecule has 1 fully saturated rings. The molecule has 0 unspecified atom stereocenters. The number of aromatic nitrogens is 2. The molecule has 1 heterocycles. The molecule has 1 aliphatic rings. The van der Waals surface area contributed by atoms with Crippen LogP contribution in [-0.2, 0) is 0 Å². The summed E-state index contributed by atoms with van der Waals surface area (Å²) in [6.45, 7) is 0.760. The van der Waals surface area contributed by atoms with Gasteiger partial charge in [0.05, 0.1) is 12.1 Å². The largest absolute Gasteiger partial charge is 0.395 e. The second-order valence-electron chi connectivity index (χ2n) is 5.08. The van der Waals surface area contributed by atoms with Crippen molar-refractivity contribution in [1.82, 2.24) is 9.97 Å². The quantitative estimate of drug-likeness (QED) is 0.913. The minimum absolute atomic E-state index is 0.146. The van der Waals surface area contributed by atoms with Gasteiger partial charge < -0.3 is 10.0 Å². The summed E-state index contributed by atoms with van der Waals surface area (Å²) in [6.07, 6.45) is 6.75. The van der Waals surface area contributed by atoms with Gasteiger partial charge >= 0.3 is 0 Å². The van der Waals surface area contributed by atoms with E-state index in [1.165, 1.54) is 25.7 Å². The molecule has 1 aromatic carbocycles. The van der Waals surface area contributed by atoms with Gasteiger partial charge in [0.15, 0.2) is 0 Å². The fraction of sp³-hybridized carbons (Fsp3) is 0.467. The van der Waals surface area contributed by atoms with Crippen LogP contribution in [0.4, 0.5) is 5.95 Å². The minimum Gasteiger partial charge on any atom is -0.395 e. The number of aliphatic hydroxyl groups excluding tert-OH is 1. The number of rotatable bonds is 4. The van der Waals surface area contributed by atoms with Gasteiger partial charge in [-0.3, -0.25) is 0 Å². The van der Waals surface area contributed by atoms with E-state index in [-0.39, 0.29) is 6.61 Å². The SMILES string of the molecule is OCCN(c1ncc2ccccc2n1)C1CCCC1. The predicted molar refractivity (Wildman–Crippen MR) is 76.2 cm³/mol. The van der Waals surface area contributed by atoms with Crippen molar-refractivity contribution in [1.29, 1.82) is 0 Å². The first-order chi connectivity index (χ1) is 9.38. The highest BCUT2D eigenvalue weighted by Gasteiger charge is 2.24. The summed E-state index contributed by atoms with van der Waals surface area (Å²) in [5.41, 5.74) is 0.966. The Hall–Kier alpha value is -1.68. The van der Waals surface area contributed by atoms with Crippen LogP contribution in [0.2, 0.25) is 0 Å². The Labute approximate surface area is 113 Å². The van der Waals surface area contributed by atoms with E-state index in [0.29, 0.717) is 12.6 Å². The van der Waals surface area contributed by atoms with E-state index in [4.69, 9.17) is 0 Å². The van der Waals surface area contributed by atoms with Crippen molar-refractivity contribution in [2.75, 3.05) is 18.1 Å². The fourth-order valence-electron chi connectivity index (χ4n) is 2.87. The number of benzene rings is 1. The van der Waals surface area contributed by atoms with Crippen LogP contribution in [0.5, 0.6) is 0 Å². The average Bonchev–Trinajstić information content (AvgIpc) is 2.98. The van der Waals surface area contributed by atoms with Gasteiger partial charge in [-0.05, 0) is 18.9 Å². The fourth-order valence-corrected chi connectivity index (χ4v) is 2.87. The minimum atomic E-state index is 0.146. The molecule has 0 spiro atoms. The molecule has 100 valence electrons. The summed E-state index contributed by atoms with van der Waals surface area (Å²) < 4.78 is 0. The average molecular weight is 257 g/mol. The number of anilines is 1. The van der Waals surface area contributed by atoms with Crippen LogP contribution in [0.25, 0.3) is 10.9 Å². The monoisotopic (exact) mass is 257 g/mol. The normalized spacial score (nSPS) is 16.1. The third kappa shape index (κ3) is 2.54. The van der Waals surface area contributed by atoms with Gasteiger partial charge in [-0.15, -0.1) is 0 Å². The molecule has 0 amide bonds. The van der Waals surface area contributed by atoms with Gasteiger partial charge in [-0.1, -0.05) is 31.0 Å². The number of aliphatic hydroxyl groups is 1. The zero-order valence-corrected chi connectivity index (χ0v) is 11.0. The topological polar surface area (TPSA) is 49.2 Å². The number of fused-ring (bicyclic) bond motifs is 1. The number of para-hydroxylation sites is 1. The number of hydrogen-bond donors (Lipinski definition) is 1. The lowest BCUT2D eigenvalue weighted by Gasteiger charge is -2.28. The number of hydrogen-bond acceptors (Lipinski definition) is 4. The van der Waals surface area contributed by atoms with E-state index in [2.05, 4.69) is 14.9 Å². The zero-order valence-electron chi connectivity index (χ0n) is 11.0. The maximum absolute atomic E-state index is 9.27. The molecule has 0 saturated heterocycles. The van der Waals surface area contributed by atoms with E-state index in [1.54, 1.807) is 0 Å². The van der Waals surface area contributed by atoms with E-state index in [1.807, 2.05) is 30.5 Å².